The molecular weight excluding hydrogens is 543 g/mol. The third kappa shape index (κ3) is 3.59. The van der Waals surface area contributed by atoms with Crippen molar-refractivity contribution in [2.45, 2.75) is 57.8 Å². The Morgan fingerprint density at radius 3 is 1.86 bits per heavy atom. The van der Waals surface area contributed by atoms with Gasteiger partial charge in [0.1, 0.15) is 0 Å². The quantitative estimate of drug-likeness (QED) is 0.226. The standard InChI is InChI=1S/C27H24N8.Pd/c1-25(2)20-10-8-12-22(30-20)34-15-17(19(14-28)32-34)26(3,4)27(5,6)18-16-35(33-24(18)29-7)23-13-9-11-21(25)31-23;/h8-13H,1-6H3;/q-2;+2. The molecule has 4 aromatic heterocycles. The van der Waals surface area contributed by atoms with Crippen LogP contribution in [0.1, 0.15) is 69.8 Å². The molecular formula is C27H24N8Pd. The van der Waals surface area contributed by atoms with Gasteiger partial charge in [0.25, 0.3) is 0 Å². The summed E-state index contributed by atoms with van der Waals surface area (Å²) in [6.45, 7) is 20.0. The molecule has 5 rings (SSSR count). The SMILES string of the molecule is [C-]#[N+]c1nn2[c-]c1C(C)(C)C(C)(C)c1[c-]n(nc1C#N)-c1cccc(n1)C(C)(C)c1cccc-2n1.[Pd+2]. The number of nitrogens with zero attached hydrogens (tertiary/aromatic N) is 8. The summed E-state index contributed by atoms with van der Waals surface area (Å²) in [6.07, 6.45) is 6.63. The second-order valence-corrected chi connectivity index (χ2v) is 10.3. The zero-order chi connectivity index (χ0) is 25.2. The largest absolute Gasteiger partial charge is 2.00 e. The van der Waals surface area contributed by atoms with Crippen LogP contribution < -0.4 is 0 Å². The number of pyridine rings is 2. The van der Waals surface area contributed by atoms with E-state index in [0.717, 1.165) is 11.4 Å². The summed E-state index contributed by atoms with van der Waals surface area (Å²) in [7, 11) is 0. The Balaban J connectivity index is 0.00000304. The Kier molecular flexibility index (Phi) is 6.00. The molecule has 0 saturated heterocycles. The molecule has 0 aromatic carbocycles. The molecule has 5 heterocycles. The molecule has 36 heavy (non-hydrogen) atoms. The molecule has 9 heteroatoms. The van der Waals surface area contributed by atoms with Gasteiger partial charge in [-0.15, -0.1) is 0 Å². The molecule has 8 bridgehead atoms. The first-order chi connectivity index (χ1) is 16.5. The van der Waals surface area contributed by atoms with E-state index >= 15 is 0 Å². The molecule has 8 nitrogen and oxygen atoms in total. The molecule has 0 aliphatic carbocycles. The van der Waals surface area contributed by atoms with Crippen molar-refractivity contribution >= 4 is 5.82 Å². The Morgan fingerprint density at radius 1 is 0.833 bits per heavy atom. The summed E-state index contributed by atoms with van der Waals surface area (Å²) < 4.78 is 3.08. The van der Waals surface area contributed by atoms with E-state index < -0.39 is 16.2 Å². The van der Waals surface area contributed by atoms with Gasteiger partial charge in [-0.3, -0.25) is 9.97 Å². The minimum atomic E-state index is -0.660. The van der Waals surface area contributed by atoms with Gasteiger partial charge in [0, 0.05) is 16.8 Å². The van der Waals surface area contributed by atoms with Crippen molar-refractivity contribution in [3.63, 3.8) is 0 Å². The summed E-state index contributed by atoms with van der Waals surface area (Å²) in [6, 6.07) is 13.7. The first-order valence-corrected chi connectivity index (χ1v) is 11.3. The van der Waals surface area contributed by atoms with Gasteiger partial charge in [-0.05, 0) is 53.7 Å². The molecule has 0 saturated carbocycles. The average Bonchev–Trinajstić information content (AvgIpc) is 3.49. The monoisotopic (exact) mass is 566 g/mol. The van der Waals surface area contributed by atoms with E-state index in [1.165, 1.54) is 4.68 Å². The molecule has 182 valence electrons. The minimum Gasteiger partial charge on any atom is -0.342 e. The molecule has 1 aliphatic heterocycles. The molecule has 0 N–H and O–H groups in total. The summed E-state index contributed by atoms with van der Waals surface area (Å²) in [4.78, 5) is 13.5. The van der Waals surface area contributed by atoms with Crippen LogP contribution in [0.2, 0.25) is 0 Å². The molecule has 1 aliphatic rings. The van der Waals surface area contributed by atoms with Crippen molar-refractivity contribution in [2.75, 3.05) is 0 Å². The van der Waals surface area contributed by atoms with E-state index in [0.29, 0.717) is 22.8 Å². The Bertz CT molecular complexity index is 1440. The maximum atomic E-state index is 9.95. The van der Waals surface area contributed by atoms with Gasteiger partial charge in [-0.25, -0.2) is 15.0 Å². The number of aromatic nitrogens is 6. The Morgan fingerprint density at radius 2 is 1.33 bits per heavy atom. The predicted octanol–water partition coefficient (Wildman–Crippen LogP) is 4.76. The van der Waals surface area contributed by atoms with Crippen LogP contribution in [0, 0.1) is 30.3 Å². The molecule has 0 radical (unpaired) electrons. The fraction of sp³-hybridized carbons (Fsp3) is 0.333. The zero-order valence-corrected chi connectivity index (χ0v) is 22.4. The summed E-state index contributed by atoms with van der Waals surface area (Å²) >= 11 is 0. The minimum absolute atomic E-state index is 0. The van der Waals surface area contributed by atoms with Gasteiger partial charge in [-0.1, -0.05) is 70.3 Å². The Labute approximate surface area is 224 Å². The maximum absolute atomic E-state index is 9.95. The fourth-order valence-electron chi connectivity index (χ4n) is 4.42. The van der Waals surface area contributed by atoms with Crippen LogP contribution in [0.4, 0.5) is 5.82 Å². The molecule has 0 atom stereocenters. The number of hydrogen-bond acceptors (Lipinski definition) is 5. The number of hydrogen-bond donors (Lipinski definition) is 0. The van der Waals surface area contributed by atoms with Crippen molar-refractivity contribution in [3.05, 3.63) is 88.4 Å². The summed E-state index contributed by atoms with van der Waals surface area (Å²) in [5.41, 5.74) is 1.28. The van der Waals surface area contributed by atoms with Gasteiger partial charge in [0.05, 0.1) is 23.4 Å². The van der Waals surface area contributed by atoms with Crippen molar-refractivity contribution in [1.29, 1.82) is 5.26 Å². The zero-order valence-electron chi connectivity index (χ0n) is 20.9. The van der Waals surface area contributed by atoms with Gasteiger partial charge in [-0.2, -0.15) is 0 Å². The van der Waals surface area contributed by atoms with E-state index in [4.69, 9.17) is 16.5 Å². The van der Waals surface area contributed by atoms with Gasteiger partial charge >= 0.3 is 26.2 Å². The van der Waals surface area contributed by atoms with Crippen LogP contribution in [0.3, 0.4) is 0 Å². The van der Waals surface area contributed by atoms with E-state index in [-0.39, 0.29) is 31.9 Å². The van der Waals surface area contributed by atoms with Crippen LogP contribution >= 0.6 is 0 Å². The molecule has 0 unspecified atom stereocenters. The predicted molar refractivity (Wildman–Crippen MR) is 130 cm³/mol. The van der Waals surface area contributed by atoms with E-state index in [1.54, 1.807) is 4.68 Å². The van der Waals surface area contributed by atoms with Crippen molar-refractivity contribution in [1.82, 2.24) is 29.5 Å². The van der Waals surface area contributed by atoms with Gasteiger partial charge < -0.3 is 9.53 Å². The number of fused-ring (bicyclic) bond motifs is 10. The number of rotatable bonds is 0. The van der Waals surface area contributed by atoms with Crippen LogP contribution in [-0.4, -0.2) is 29.5 Å². The van der Waals surface area contributed by atoms with E-state index in [9.17, 15) is 5.26 Å². The van der Waals surface area contributed by atoms with Crippen molar-refractivity contribution in [3.8, 4) is 17.7 Å². The molecule has 0 amide bonds. The van der Waals surface area contributed by atoms with Gasteiger partial charge in [0.2, 0.25) is 0 Å². The second kappa shape index (κ2) is 8.49. The fourth-order valence-corrected chi connectivity index (χ4v) is 4.42. The van der Waals surface area contributed by atoms with Crippen LogP contribution in [0.5, 0.6) is 0 Å². The third-order valence-electron chi connectivity index (χ3n) is 7.50. The maximum Gasteiger partial charge on any atom is 2.00 e. The third-order valence-corrected chi connectivity index (χ3v) is 7.50. The van der Waals surface area contributed by atoms with E-state index in [2.05, 4.69) is 47.4 Å². The van der Waals surface area contributed by atoms with Crippen molar-refractivity contribution < 1.29 is 20.4 Å². The molecule has 4 aromatic rings. The normalized spacial score (nSPS) is 16.4. The Hall–Kier alpha value is -3.64. The van der Waals surface area contributed by atoms with Crippen molar-refractivity contribution in [2.24, 2.45) is 0 Å². The molecule has 0 fully saturated rings. The first-order valence-electron chi connectivity index (χ1n) is 11.3. The van der Waals surface area contributed by atoms with Crippen LogP contribution in [-0.2, 0) is 36.7 Å². The second-order valence-electron chi connectivity index (χ2n) is 10.3. The summed E-state index contributed by atoms with van der Waals surface area (Å²) in [5, 5.41) is 19.0. The number of nitriles is 1. The smallest absolute Gasteiger partial charge is 0.342 e. The van der Waals surface area contributed by atoms with Gasteiger partial charge in [0.15, 0.2) is 0 Å². The summed E-state index contributed by atoms with van der Waals surface area (Å²) in [5.74, 6) is 1.39. The molecule has 0 spiro atoms. The van der Waals surface area contributed by atoms with E-state index in [1.807, 2.05) is 64.1 Å². The average molecular weight is 567 g/mol. The topological polar surface area (TPSA) is 89.6 Å². The first kappa shape index (κ1) is 25.5. The van der Waals surface area contributed by atoms with Crippen LogP contribution in [0.25, 0.3) is 16.5 Å². The van der Waals surface area contributed by atoms with Crippen LogP contribution in [0.15, 0.2) is 36.4 Å².